The van der Waals surface area contributed by atoms with E-state index in [2.05, 4.69) is 4.98 Å². The summed E-state index contributed by atoms with van der Waals surface area (Å²) in [5.74, 6) is -0.722. The van der Waals surface area contributed by atoms with Gasteiger partial charge in [0.15, 0.2) is 0 Å². The number of ether oxygens (including phenoxy) is 1. The minimum atomic E-state index is -3.83. The molecule has 0 atom stereocenters. The number of rotatable bonds is 4. The normalized spacial score (nSPS) is 16.7. The van der Waals surface area contributed by atoms with Crippen LogP contribution in [-0.4, -0.2) is 36.9 Å². The van der Waals surface area contributed by atoms with Crippen molar-refractivity contribution in [2.45, 2.75) is 30.8 Å². The molecule has 0 unspecified atom stereocenters. The van der Waals surface area contributed by atoms with Crippen molar-refractivity contribution in [1.29, 1.82) is 0 Å². The molecule has 2 aromatic carbocycles. The predicted molar refractivity (Wildman–Crippen MR) is 103 cm³/mol. The Hall–Kier alpha value is -2.03. The molecule has 27 heavy (non-hydrogen) atoms. The first-order chi connectivity index (χ1) is 12.9. The average molecular weight is 407 g/mol. The van der Waals surface area contributed by atoms with Crippen molar-refractivity contribution in [3.05, 3.63) is 53.8 Å². The first-order valence-corrected chi connectivity index (χ1v) is 11.0. The average Bonchev–Trinajstić information content (AvgIpc) is 3.06. The van der Waals surface area contributed by atoms with Crippen LogP contribution in [0.5, 0.6) is 5.19 Å². The summed E-state index contributed by atoms with van der Waals surface area (Å²) in [5, 5.41) is 0.606. The number of piperidine rings is 1. The molecule has 142 valence electrons. The van der Waals surface area contributed by atoms with Gasteiger partial charge in [-0.25, -0.2) is 17.8 Å². The van der Waals surface area contributed by atoms with E-state index in [1.165, 1.54) is 33.8 Å². The van der Waals surface area contributed by atoms with Gasteiger partial charge in [-0.05, 0) is 43.5 Å². The number of aryl methyl sites for hydroxylation is 1. The molecular formula is C19H19FN2O3S2. The smallest absolute Gasteiger partial charge is 0.274 e. The lowest BCUT2D eigenvalue weighted by Crippen LogP contribution is -2.41. The molecule has 0 saturated carbocycles. The number of nitrogens with zero attached hydrogens (tertiary/aromatic N) is 2. The van der Waals surface area contributed by atoms with E-state index in [1.54, 1.807) is 0 Å². The summed E-state index contributed by atoms with van der Waals surface area (Å²) < 4.78 is 47.6. The second-order valence-electron chi connectivity index (χ2n) is 6.55. The number of sulfonamides is 1. The van der Waals surface area contributed by atoms with Crippen molar-refractivity contribution in [2.24, 2.45) is 0 Å². The van der Waals surface area contributed by atoms with Crippen LogP contribution in [0.15, 0.2) is 47.4 Å². The molecule has 5 nitrogen and oxygen atoms in total. The number of hydrogen-bond donors (Lipinski definition) is 0. The Morgan fingerprint density at radius 2 is 1.89 bits per heavy atom. The Balaban J connectivity index is 1.44. The van der Waals surface area contributed by atoms with Crippen molar-refractivity contribution in [3.8, 4) is 5.19 Å². The van der Waals surface area contributed by atoms with Crippen LogP contribution in [0, 0.1) is 12.7 Å². The number of fused-ring (bicyclic) bond motifs is 1. The molecule has 3 aromatic rings. The van der Waals surface area contributed by atoms with Crippen LogP contribution in [0.2, 0.25) is 0 Å². The zero-order valence-electron chi connectivity index (χ0n) is 14.8. The zero-order chi connectivity index (χ0) is 19.0. The number of benzene rings is 2. The van der Waals surface area contributed by atoms with E-state index in [4.69, 9.17) is 4.74 Å². The summed E-state index contributed by atoms with van der Waals surface area (Å²) in [4.78, 5) is 4.28. The largest absolute Gasteiger partial charge is 0.467 e. The Morgan fingerprint density at radius 1 is 1.15 bits per heavy atom. The number of thiazole rings is 1. The van der Waals surface area contributed by atoms with E-state index in [0.29, 0.717) is 31.1 Å². The van der Waals surface area contributed by atoms with Crippen molar-refractivity contribution in [2.75, 3.05) is 13.1 Å². The third-order valence-corrected chi connectivity index (χ3v) is 7.57. The highest BCUT2D eigenvalue weighted by molar-refractivity contribution is 7.89. The lowest BCUT2D eigenvalue weighted by Gasteiger charge is -2.30. The molecule has 1 saturated heterocycles. The molecule has 0 N–H and O–H groups in total. The SMILES string of the molecule is Cc1cccc2sc(OC3CCN(S(=O)(=O)c4ccccc4F)CC3)nc12. The number of hydrogen-bond acceptors (Lipinski definition) is 5. The van der Waals surface area contributed by atoms with Crippen LogP contribution in [-0.2, 0) is 10.0 Å². The molecule has 1 aliphatic heterocycles. The Bertz CT molecular complexity index is 1070. The quantitative estimate of drug-likeness (QED) is 0.658. The molecule has 4 rings (SSSR count). The van der Waals surface area contributed by atoms with Crippen LogP contribution in [0.3, 0.4) is 0 Å². The van der Waals surface area contributed by atoms with Crippen LogP contribution in [0.4, 0.5) is 4.39 Å². The van der Waals surface area contributed by atoms with E-state index in [0.717, 1.165) is 21.8 Å². The van der Waals surface area contributed by atoms with E-state index in [1.807, 2.05) is 25.1 Å². The van der Waals surface area contributed by atoms with Gasteiger partial charge in [0.05, 0.1) is 10.2 Å². The Labute approximate surface area is 161 Å². The predicted octanol–water partition coefficient (Wildman–Crippen LogP) is 3.98. The zero-order valence-corrected chi connectivity index (χ0v) is 16.4. The van der Waals surface area contributed by atoms with Gasteiger partial charge in [0.2, 0.25) is 10.0 Å². The number of aromatic nitrogens is 1. The third-order valence-electron chi connectivity index (χ3n) is 4.72. The Kier molecular flexibility index (Phi) is 4.88. The van der Waals surface area contributed by atoms with Crippen LogP contribution in [0.1, 0.15) is 18.4 Å². The standard InChI is InChI=1S/C19H19FN2O3S2/c1-13-5-4-7-16-18(13)21-19(26-16)25-14-9-11-22(12-10-14)27(23,24)17-8-3-2-6-15(17)20/h2-8,14H,9-12H2,1H3. The third kappa shape index (κ3) is 3.56. The molecule has 1 aromatic heterocycles. The van der Waals surface area contributed by atoms with Crippen molar-refractivity contribution < 1.29 is 17.5 Å². The fraction of sp³-hybridized carbons (Fsp3) is 0.316. The van der Waals surface area contributed by atoms with Gasteiger partial charge in [-0.15, -0.1) is 0 Å². The van der Waals surface area contributed by atoms with Gasteiger partial charge in [-0.2, -0.15) is 4.31 Å². The summed E-state index contributed by atoms with van der Waals surface area (Å²) in [6, 6.07) is 11.5. The molecule has 0 amide bonds. The lowest BCUT2D eigenvalue weighted by molar-refractivity contribution is 0.135. The highest BCUT2D eigenvalue weighted by Crippen LogP contribution is 2.32. The van der Waals surface area contributed by atoms with Gasteiger partial charge >= 0.3 is 0 Å². The summed E-state index contributed by atoms with van der Waals surface area (Å²) in [6.45, 7) is 2.61. The first-order valence-electron chi connectivity index (χ1n) is 8.72. The molecule has 1 aliphatic rings. The molecule has 8 heteroatoms. The molecule has 0 radical (unpaired) electrons. The summed E-state index contributed by atoms with van der Waals surface area (Å²) >= 11 is 1.50. The van der Waals surface area contributed by atoms with E-state index in [-0.39, 0.29) is 11.0 Å². The van der Waals surface area contributed by atoms with Gasteiger partial charge in [0.25, 0.3) is 5.19 Å². The minimum Gasteiger partial charge on any atom is -0.467 e. The van der Waals surface area contributed by atoms with Gasteiger partial charge in [-0.1, -0.05) is 35.6 Å². The van der Waals surface area contributed by atoms with E-state index < -0.39 is 15.8 Å². The molecule has 0 bridgehead atoms. The molecule has 0 spiro atoms. The van der Waals surface area contributed by atoms with Gasteiger partial charge in [0, 0.05) is 13.1 Å². The van der Waals surface area contributed by atoms with Gasteiger partial charge in [-0.3, -0.25) is 0 Å². The van der Waals surface area contributed by atoms with Crippen LogP contribution in [0.25, 0.3) is 10.2 Å². The molecule has 0 aliphatic carbocycles. The van der Waals surface area contributed by atoms with Gasteiger partial charge < -0.3 is 4.74 Å². The summed E-state index contributed by atoms with van der Waals surface area (Å²) in [7, 11) is -3.83. The fourth-order valence-corrected chi connectivity index (χ4v) is 5.74. The maximum absolute atomic E-state index is 13.9. The molecule has 1 fully saturated rings. The van der Waals surface area contributed by atoms with Crippen molar-refractivity contribution >= 4 is 31.6 Å². The molecule has 2 heterocycles. The van der Waals surface area contributed by atoms with Crippen molar-refractivity contribution in [1.82, 2.24) is 9.29 Å². The maximum Gasteiger partial charge on any atom is 0.274 e. The second kappa shape index (κ2) is 7.18. The first kappa shape index (κ1) is 18.3. The van der Waals surface area contributed by atoms with E-state index in [9.17, 15) is 12.8 Å². The summed E-state index contributed by atoms with van der Waals surface area (Å²) in [5.41, 5.74) is 2.04. The maximum atomic E-state index is 13.9. The number of para-hydroxylation sites is 1. The Morgan fingerprint density at radius 3 is 2.59 bits per heavy atom. The van der Waals surface area contributed by atoms with Crippen LogP contribution >= 0.6 is 11.3 Å². The highest BCUT2D eigenvalue weighted by Gasteiger charge is 2.32. The number of halogens is 1. The fourth-order valence-electron chi connectivity index (χ4n) is 3.24. The monoisotopic (exact) mass is 406 g/mol. The lowest BCUT2D eigenvalue weighted by atomic mass is 10.1. The van der Waals surface area contributed by atoms with Crippen molar-refractivity contribution in [3.63, 3.8) is 0 Å². The van der Waals surface area contributed by atoms with Gasteiger partial charge in [0.1, 0.15) is 16.8 Å². The summed E-state index contributed by atoms with van der Waals surface area (Å²) in [6.07, 6.45) is 0.989. The van der Waals surface area contributed by atoms with Crippen LogP contribution < -0.4 is 4.74 Å². The topological polar surface area (TPSA) is 59.5 Å². The minimum absolute atomic E-state index is 0.0991. The highest BCUT2D eigenvalue weighted by atomic mass is 32.2. The van der Waals surface area contributed by atoms with E-state index >= 15 is 0 Å². The second-order valence-corrected chi connectivity index (χ2v) is 9.45. The molecular weight excluding hydrogens is 387 g/mol.